The first kappa shape index (κ1) is 9.05. The van der Waals surface area contributed by atoms with Gasteiger partial charge in [0.2, 0.25) is 5.78 Å². The Balaban J connectivity index is 3.87. The van der Waals surface area contributed by atoms with E-state index in [1.54, 1.807) is 0 Å². The second-order valence-electron chi connectivity index (χ2n) is 2.21. The molecule has 0 aliphatic heterocycles. The largest absolute Gasteiger partial charge is 0.361 e. The Morgan fingerprint density at radius 2 is 2.20 bits per heavy atom. The van der Waals surface area contributed by atoms with Crippen molar-refractivity contribution in [1.82, 2.24) is 0 Å². The molecule has 3 heteroatoms. The van der Waals surface area contributed by atoms with Gasteiger partial charge < -0.3 is 5.53 Å². The third-order valence-electron chi connectivity index (χ3n) is 1.29. The minimum Gasteiger partial charge on any atom is -0.361 e. The van der Waals surface area contributed by atoms with Crippen molar-refractivity contribution < 1.29 is 9.58 Å². The fourth-order valence-electron chi connectivity index (χ4n) is 0.641. The lowest BCUT2D eigenvalue weighted by molar-refractivity contribution is -0.115. The van der Waals surface area contributed by atoms with Gasteiger partial charge in [-0.05, 0) is 6.42 Å². The van der Waals surface area contributed by atoms with Gasteiger partial charge in [-0.1, -0.05) is 13.3 Å². The van der Waals surface area contributed by atoms with Gasteiger partial charge in [0.1, 0.15) is 0 Å². The molecule has 10 heavy (non-hydrogen) atoms. The average molecular weight is 140 g/mol. The van der Waals surface area contributed by atoms with Crippen LogP contribution in [0.4, 0.5) is 0 Å². The second-order valence-corrected chi connectivity index (χ2v) is 2.21. The van der Waals surface area contributed by atoms with Crippen LogP contribution in [0, 0.1) is 0 Å². The molecule has 0 atom stereocenters. The number of ketones is 1. The van der Waals surface area contributed by atoms with E-state index in [1.165, 1.54) is 6.92 Å². The Morgan fingerprint density at radius 1 is 1.60 bits per heavy atom. The molecular formula is C7H12N2O. The third kappa shape index (κ3) is 3.15. The van der Waals surface area contributed by atoms with Crippen LogP contribution in [0.25, 0.3) is 5.53 Å². The molecule has 0 unspecified atom stereocenters. The zero-order chi connectivity index (χ0) is 7.98. The van der Waals surface area contributed by atoms with E-state index in [0.717, 1.165) is 12.8 Å². The van der Waals surface area contributed by atoms with Crippen LogP contribution in [0.1, 0.15) is 33.1 Å². The van der Waals surface area contributed by atoms with E-state index in [0.29, 0.717) is 6.42 Å². The fourth-order valence-corrected chi connectivity index (χ4v) is 0.641. The topological polar surface area (TPSA) is 53.5 Å². The summed E-state index contributed by atoms with van der Waals surface area (Å²) >= 11 is 0. The van der Waals surface area contributed by atoms with Crippen LogP contribution in [0.2, 0.25) is 0 Å². The number of carbonyl (C=O) groups excluding carboxylic acids is 1. The van der Waals surface area contributed by atoms with Crippen molar-refractivity contribution in [3.8, 4) is 0 Å². The van der Waals surface area contributed by atoms with Crippen molar-refractivity contribution in [2.24, 2.45) is 0 Å². The molecule has 0 aliphatic rings. The number of carbonyl (C=O) groups is 1. The lowest BCUT2D eigenvalue weighted by Gasteiger charge is -1.87. The summed E-state index contributed by atoms with van der Waals surface area (Å²) in [6.45, 7) is 3.43. The standard InChI is InChI=1S/C7H12N2O/c1-3-4-5-7(9-8)6(2)10/h3-5H2,1-2H3. The maximum absolute atomic E-state index is 10.6. The van der Waals surface area contributed by atoms with E-state index < -0.39 is 0 Å². The van der Waals surface area contributed by atoms with E-state index in [-0.39, 0.29) is 11.5 Å². The molecule has 0 amide bonds. The number of hydrogen-bond donors (Lipinski definition) is 0. The Labute approximate surface area is 60.7 Å². The van der Waals surface area contributed by atoms with Gasteiger partial charge in [0.15, 0.2) is 0 Å². The van der Waals surface area contributed by atoms with Crippen molar-refractivity contribution in [2.75, 3.05) is 0 Å². The molecule has 0 heterocycles. The van der Waals surface area contributed by atoms with Crippen LogP contribution >= 0.6 is 0 Å². The molecule has 0 rings (SSSR count). The van der Waals surface area contributed by atoms with Crippen LogP contribution in [-0.4, -0.2) is 16.3 Å². The minimum absolute atomic E-state index is 0.143. The number of nitrogens with zero attached hydrogens (tertiary/aromatic N) is 2. The van der Waals surface area contributed by atoms with Crippen molar-refractivity contribution in [3.63, 3.8) is 0 Å². The highest BCUT2D eigenvalue weighted by Crippen LogP contribution is 1.95. The summed E-state index contributed by atoms with van der Waals surface area (Å²) in [6.07, 6.45) is 2.49. The lowest BCUT2D eigenvalue weighted by atomic mass is 10.1. The van der Waals surface area contributed by atoms with Crippen LogP contribution < -0.4 is 0 Å². The van der Waals surface area contributed by atoms with Crippen molar-refractivity contribution in [2.45, 2.75) is 33.1 Å². The van der Waals surface area contributed by atoms with Crippen molar-refractivity contribution in [1.29, 1.82) is 0 Å². The molecule has 0 aliphatic carbocycles. The summed E-state index contributed by atoms with van der Waals surface area (Å²) in [4.78, 5) is 13.5. The van der Waals surface area contributed by atoms with E-state index in [9.17, 15) is 4.79 Å². The summed E-state index contributed by atoms with van der Waals surface area (Å²) in [5, 5.41) is 0. The maximum Gasteiger partial charge on any atom is 0.334 e. The second kappa shape index (κ2) is 4.89. The van der Waals surface area contributed by atoms with Crippen LogP contribution in [0.3, 0.4) is 0 Å². The molecule has 0 fully saturated rings. The summed E-state index contributed by atoms with van der Waals surface area (Å²) in [5.74, 6) is -0.143. The molecule has 0 aromatic rings. The fraction of sp³-hybridized carbons (Fsp3) is 0.714. The molecule has 0 bridgehead atoms. The van der Waals surface area contributed by atoms with Gasteiger partial charge in [0, 0.05) is 6.92 Å². The predicted octanol–water partition coefficient (Wildman–Crippen LogP) is 1.44. The molecule has 0 spiro atoms. The molecule has 0 saturated carbocycles. The normalized spacial score (nSPS) is 8.60. The Morgan fingerprint density at radius 3 is 2.50 bits per heavy atom. The first-order valence-electron chi connectivity index (χ1n) is 3.44. The summed E-state index contributed by atoms with van der Waals surface area (Å²) < 4.78 is 0. The van der Waals surface area contributed by atoms with Gasteiger partial charge >= 0.3 is 5.71 Å². The lowest BCUT2D eigenvalue weighted by Crippen LogP contribution is -2.10. The van der Waals surface area contributed by atoms with E-state index in [1.807, 2.05) is 6.92 Å². The Bertz CT molecular complexity index is 168. The number of rotatable bonds is 4. The predicted molar refractivity (Wildman–Crippen MR) is 38.8 cm³/mol. The zero-order valence-corrected chi connectivity index (χ0v) is 6.42. The zero-order valence-electron chi connectivity index (χ0n) is 6.42. The number of Topliss-reactive ketones (excluding diaryl/α,β-unsaturated/α-hetero) is 1. The third-order valence-corrected chi connectivity index (χ3v) is 1.29. The Hall–Kier alpha value is -0.950. The van der Waals surface area contributed by atoms with Gasteiger partial charge in [-0.3, -0.25) is 4.79 Å². The quantitative estimate of drug-likeness (QED) is 0.331. The van der Waals surface area contributed by atoms with Crippen LogP contribution in [0.15, 0.2) is 0 Å². The molecule has 3 nitrogen and oxygen atoms in total. The number of hydrogen-bond acceptors (Lipinski definition) is 1. The van der Waals surface area contributed by atoms with E-state index in [2.05, 4.69) is 4.79 Å². The van der Waals surface area contributed by atoms with Gasteiger partial charge in [-0.15, -0.1) is 0 Å². The van der Waals surface area contributed by atoms with Gasteiger partial charge in [-0.2, -0.15) is 4.79 Å². The molecule has 0 N–H and O–H groups in total. The van der Waals surface area contributed by atoms with Gasteiger partial charge in [0.05, 0.1) is 6.42 Å². The molecule has 0 radical (unpaired) electrons. The van der Waals surface area contributed by atoms with Crippen molar-refractivity contribution >= 4 is 11.5 Å². The molecule has 0 aromatic carbocycles. The van der Waals surface area contributed by atoms with Gasteiger partial charge in [-0.25, -0.2) is 0 Å². The summed E-state index contributed by atoms with van der Waals surface area (Å²) in [7, 11) is 0. The summed E-state index contributed by atoms with van der Waals surface area (Å²) in [5.41, 5.74) is 8.57. The monoisotopic (exact) mass is 140 g/mol. The highest BCUT2D eigenvalue weighted by molar-refractivity contribution is 6.36. The average Bonchev–Trinajstić information content (AvgIpc) is 1.89. The van der Waals surface area contributed by atoms with Crippen LogP contribution in [0.5, 0.6) is 0 Å². The maximum atomic E-state index is 10.6. The molecule has 0 aromatic heterocycles. The first-order valence-corrected chi connectivity index (χ1v) is 3.44. The van der Waals surface area contributed by atoms with E-state index in [4.69, 9.17) is 5.53 Å². The highest BCUT2D eigenvalue weighted by Gasteiger charge is 2.12. The number of unbranched alkanes of at least 4 members (excludes halogenated alkanes) is 1. The molecule has 56 valence electrons. The van der Waals surface area contributed by atoms with Crippen LogP contribution in [-0.2, 0) is 4.79 Å². The minimum atomic E-state index is -0.143. The summed E-state index contributed by atoms with van der Waals surface area (Å²) in [6, 6.07) is 0. The molecule has 0 saturated heterocycles. The van der Waals surface area contributed by atoms with E-state index >= 15 is 0 Å². The first-order chi connectivity index (χ1) is 4.72. The van der Waals surface area contributed by atoms with Gasteiger partial charge in [0.25, 0.3) is 0 Å². The Kier molecular flexibility index (Phi) is 4.42. The SMILES string of the molecule is CCCCC(=[N+]=[N-])C(C)=O. The smallest absolute Gasteiger partial charge is 0.334 e. The molecular weight excluding hydrogens is 128 g/mol. The van der Waals surface area contributed by atoms with Crippen molar-refractivity contribution in [3.05, 3.63) is 5.53 Å². The highest BCUT2D eigenvalue weighted by atomic mass is 16.1.